The molecule has 1 saturated carbocycles. The van der Waals surface area contributed by atoms with E-state index in [0.717, 1.165) is 46.2 Å². The van der Waals surface area contributed by atoms with Crippen LogP contribution in [0.3, 0.4) is 0 Å². The van der Waals surface area contributed by atoms with Crippen molar-refractivity contribution in [2.45, 2.75) is 32.2 Å². The third-order valence-corrected chi connectivity index (χ3v) is 5.57. The molecule has 154 valence electrons. The minimum Gasteiger partial charge on any atom is -0.497 e. The van der Waals surface area contributed by atoms with Crippen LogP contribution in [0.25, 0.3) is 10.8 Å². The van der Waals surface area contributed by atoms with Gasteiger partial charge in [0.25, 0.3) is 0 Å². The van der Waals surface area contributed by atoms with Crippen LogP contribution in [0.15, 0.2) is 60.7 Å². The van der Waals surface area contributed by atoms with Crippen LogP contribution in [0.5, 0.6) is 5.75 Å². The number of anilines is 1. The number of hydrogen-bond donors (Lipinski definition) is 2. The van der Waals surface area contributed by atoms with Gasteiger partial charge in [0, 0.05) is 18.2 Å². The number of hydrogen-bond acceptors (Lipinski definition) is 3. The topological polar surface area (TPSA) is 67.4 Å². The molecule has 1 fully saturated rings. The van der Waals surface area contributed by atoms with Crippen molar-refractivity contribution in [1.29, 1.82) is 0 Å². The first kappa shape index (κ1) is 20.0. The predicted molar refractivity (Wildman–Crippen MR) is 119 cm³/mol. The zero-order valence-electron chi connectivity index (χ0n) is 17.3. The van der Waals surface area contributed by atoms with E-state index in [4.69, 9.17) is 4.74 Å². The summed E-state index contributed by atoms with van der Waals surface area (Å²) in [7, 11) is 1.65. The molecule has 1 atom stereocenters. The van der Waals surface area contributed by atoms with Crippen molar-refractivity contribution in [3.05, 3.63) is 71.8 Å². The Bertz CT molecular complexity index is 1090. The lowest BCUT2D eigenvalue weighted by Crippen LogP contribution is -2.27. The van der Waals surface area contributed by atoms with Gasteiger partial charge in [-0.05, 0) is 65.9 Å². The second-order valence-electron chi connectivity index (χ2n) is 7.88. The van der Waals surface area contributed by atoms with Gasteiger partial charge in [-0.1, -0.05) is 36.4 Å². The van der Waals surface area contributed by atoms with Gasteiger partial charge in [-0.2, -0.15) is 0 Å². The standard InChI is InChI=1S/C25H26N2O3/c1-16(19-8-9-21-14-23(30-2)11-10-20(21)13-19)24(28)26-15-17-4-3-5-22(12-17)27-25(29)18-6-7-18/h3-5,8-14,16,18H,6-7,15H2,1-2H3,(H,26,28)(H,27,29). The molecular formula is C25H26N2O3. The number of carbonyl (C=O) groups is 2. The minimum absolute atomic E-state index is 0.0321. The number of amides is 2. The fraction of sp³-hybridized carbons (Fsp3) is 0.280. The van der Waals surface area contributed by atoms with Gasteiger partial charge in [0.15, 0.2) is 0 Å². The number of ether oxygens (including phenoxy) is 1. The molecule has 0 aromatic heterocycles. The Kier molecular flexibility index (Phi) is 5.70. The number of rotatable bonds is 7. The van der Waals surface area contributed by atoms with Gasteiger partial charge in [-0.3, -0.25) is 9.59 Å². The summed E-state index contributed by atoms with van der Waals surface area (Å²) in [5.41, 5.74) is 2.70. The molecule has 2 amide bonds. The van der Waals surface area contributed by atoms with E-state index in [-0.39, 0.29) is 23.7 Å². The van der Waals surface area contributed by atoms with Gasteiger partial charge in [-0.25, -0.2) is 0 Å². The number of methoxy groups -OCH3 is 1. The monoisotopic (exact) mass is 402 g/mol. The Hall–Kier alpha value is -3.34. The Morgan fingerprint density at radius 3 is 2.57 bits per heavy atom. The fourth-order valence-corrected chi connectivity index (χ4v) is 3.48. The number of fused-ring (bicyclic) bond motifs is 1. The molecule has 5 nitrogen and oxygen atoms in total. The van der Waals surface area contributed by atoms with Crippen molar-refractivity contribution in [3.8, 4) is 5.75 Å². The molecule has 3 aromatic carbocycles. The van der Waals surface area contributed by atoms with Crippen molar-refractivity contribution in [3.63, 3.8) is 0 Å². The molecule has 1 aliphatic carbocycles. The SMILES string of the molecule is COc1ccc2cc(C(C)C(=O)NCc3cccc(NC(=O)C4CC4)c3)ccc2c1. The van der Waals surface area contributed by atoms with Crippen LogP contribution in [0.1, 0.15) is 36.8 Å². The van der Waals surface area contributed by atoms with E-state index in [1.54, 1.807) is 7.11 Å². The predicted octanol–water partition coefficient (Wildman–Crippen LogP) is 4.62. The van der Waals surface area contributed by atoms with Crippen molar-refractivity contribution in [2.24, 2.45) is 5.92 Å². The van der Waals surface area contributed by atoms with Gasteiger partial charge in [0.05, 0.1) is 13.0 Å². The normalized spacial score (nSPS) is 14.2. The molecule has 0 aliphatic heterocycles. The van der Waals surface area contributed by atoms with E-state index in [1.165, 1.54) is 0 Å². The van der Waals surface area contributed by atoms with Crippen LogP contribution < -0.4 is 15.4 Å². The smallest absolute Gasteiger partial charge is 0.227 e. The molecule has 4 rings (SSSR count). The first-order valence-corrected chi connectivity index (χ1v) is 10.3. The zero-order chi connectivity index (χ0) is 21.1. The van der Waals surface area contributed by atoms with E-state index in [0.29, 0.717) is 6.54 Å². The highest BCUT2D eigenvalue weighted by Crippen LogP contribution is 2.30. The highest BCUT2D eigenvalue weighted by molar-refractivity contribution is 5.94. The van der Waals surface area contributed by atoms with E-state index < -0.39 is 0 Å². The van der Waals surface area contributed by atoms with Crippen molar-refractivity contribution < 1.29 is 14.3 Å². The maximum atomic E-state index is 12.7. The highest BCUT2D eigenvalue weighted by atomic mass is 16.5. The quantitative estimate of drug-likeness (QED) is 0.606. The second-order valence-corrected chi connectivity index (χ2v) is 7.88. The lowest BCUT2D eigenvalue weighted by Gasteiger charge is -2.14. The Balaban J connectivity index is 1.38. The van der Waals surface area contributed by atoms with E-state index in [1.807, 2.05) is 67.6 Å². The lowest BCUT2D eigenvalue weighted by molar-refractivity contribution is -0.122. The van der Waals surface area contributed by atoms with E-state index >= 15 is 0 Å². The summed E-state index contributed by atoms with van der Waals surface area (Å²) in [6.07, 6.45) is 1.95. The Morgan fingerprint density at radius 1 is 1.03 bits per heavy atom. The van der Waals surface area contributed by atoms with Gasteiger partial charge >= 0.3 is 0 Å². The maximum Gasteiger partial charge on any atom is 0.227 e. The van der Waals surface area contributed by atoms with Crippen LogP contribution in [-0.4, -0.2) is 18.9 Å². The summed E-state index contributed by atoms with van der Waals surface area (Å²) in [6.45, 7) is 2.33. The van der Waals surface area contributed by atoms with Crippen molar-refractivity contribution in [1.82, 2.24) is 5.32 Å². The average molecular weight is 402 g/mol. The highest BCUT2D eigenvalue weighted by Gasteiger charge is 2.29. The summed E-state index contributed by atoms with van der Waals surface area (Å²) < 4.78 is 5.27. The molecule has 0 saturated heterocycles. The van der Waals surface area contributed by atoms with Crippen LogP contribution in [-0.2, 0) is 16.1 Å². The third kappa shape index (κ3) is 4.62. The molecule has 5 heteroatoms. The van der Waals surface area contributed by atoms with Gasteiger partial charge in [0.1, 0.15) is 5.75 Å². The largest absolute Gasteiger partial charge is 0.497 e. The third-order valence-electron chi connectivity index (χ3n) is 5.57. The van der Waals surface area contributed by atoms with Crippen molar-refractivity contribution in [2.75, 3.05) is 12.4 Å². The van der Waals surface area contributed by atoms with E-state index in [2.05, 4.69) is 10.6 Å². The van der Waals surface area contributed by atoms with Crippen LogP contribution in [0.2, 0.25) is 0 Å². The summed E-state index contributed by atoms with van der Waals surface area (Å²) in [5, 5.41) is 8.11. The average Bonchev–Trinajstić information content (AvgIpc) is 3.62. The van der Waals surface area contributed by atoms with Crippen LogP contribution in [0, 0.1) is 5.92 Å². The van der Waals surface area contributed by atoms with Gasteiger partial charge < -0.3 is 15.4 Å². The fourth-order valence-electron chi connectivity index (χ4n) is 3.48. The molecule has 3 aromatic rings. The molecule has 30 heavy (non-hydrogen) atoms. The molecule has 1 unspecified atom stereocenters. The number of carbonyl (C=O) groups excluding carboxylic acids is 2. The van der Waals surface area contributed by atoms with Gasteiger partial charge in [0.2, 0.25) is 11.8 Å². The molecule has 0 heterocycles. The van der Waals surface area contributed by atoms with E-state index in [9.17, 15) is 9.59 Å². The minimum atomic E-state index is -0.269. The summed E-state index contributed by atoms with van der Waals surface area (Å²) >= 11 is 0. The molecule has 0 bridgehead atoms. The first-order valence-electron chi connectivity index (χ1n) is 10.3. The molecule has 2 N–H and O–H groups in total. The summed E-state index contributed by atoms with van der Waals surface area (Å²) in [4.78, 5) is 24.7. The van der Waals surface area contributed by atoms with Crippen LogP contribution in [0.4, 0.5) is 5.69 Å². The molecule has 0 spiro atoms. The molecular weight excluding hydrogens is 376 g/mol. The molecule has 0 radical (unpaired) electrons. The zero-order valence-corrected chi connectivity index (χ0v) is 17.3. The Morgan fingerprint density at radius 2 is 1.80 bits per heavy atom. The number of benzene rings is 3. The summed E-state index contributed by atoms with van der Waals surface area (Å²) in [6, 6.07) is 19.6. The first-order chi connectivity index (χ1) is 14.5. The maximum absolute atomic E-state index is 12.7. The van der Waals surface area contributed by atoms with Gasteiger partial charge in [-0.15, -0.1) is 0 Å². The van der Waals surface area contributed by atoms with Crippen LogP contribution >= 0.6 is 0 Å². The number of nitrogens with one attached hydrogen (secondary N) is 2. The molecule has 1 aliphatic rings. The second kappa shape index (κ2) is 8.57. The van der Waals surface area contributed by atoms with Crippen molar-refractivity contribution >= 4 is 28.3 Å². The summed E-state index contributed by atoms with van der Waals surface area (Å²) in [5.74, 6) is 0.761. The lowest BCUT2D eigenvalue weighted by atomic mass is 9.97. The Labute approximate surface area is 176 Å².